The maximum Gasteiger partial charge on any atom is 0.334 e. The van der Waals surface area contributed by atoms with Gasteiger partial charge in [-0.3, -0.25) is 0 Å². The number of rotatable bonds is 4. The first-order chi connectivity index (χ1) is 15.3. The topological polar surface area (TPSA) is 119 Å². The molecule has 0 radical (unpaired) electrons. The van der Waals surface area contributed by atoms with E-state index in [0.717, 1.165) is 0 Å². The number of allylic oxidation sites excluding steroid dienone is 2. The fourth-order valence-corrected chi connectivity index (χ4v) is 5.65. The summed E-state index contributed by atoms with van der Waals surface area (Å²) in [6, 6.07) is 0. The molecule has 0 aromatic carbocycles. The summed E-state index contributed by atoms with van der Waals surface area (Å²) in [7, 11) is 0. The molecule has 0 spiro atoms. The van der Waals surface area contributed by atoms with Crippen LogP contribution in [-0.2, 0) is 28.6 Å². The van der Waals surface area contributed by atoms with Crippen LogP contribution in [0.4, 0.5) is 0 Å². The van der Waals surface area contributed by atoms with Crippen LogP contribution < -0.4 is 0 Å². The minimum atomic E-state index is -1.34. The molecule has 0 bridgehead atoms. The normalized spacial score (nSPS) is 41.1. The van der Waals surface area contributed by atoms with Gasteiger partial charge in [0.15, 0.2) is 6.10 Å². The van der Waals surface area contributed by atoms with Gasteiger partial charge in [-0.25, -0.2) is 14.4 Å². The number of hydrogen-bond acceptors (Lipinski definition) is 8. The van der Waals surface area contributed by atoms with Crippen molar-refractivity contribution in [3.63, 3.8) is 0 Å². The van der Waals surface area contributed by atoms with Crippen LogP contribution in [0.1, 0.15) is 54.4 Å². The van der Waals surface area contributed by atoms with E-state index in [1.807, 2.05) is 0 Å². The van der Waals surface area contributed by atoms with Gasteiger partial charge in [0.2, 0.25) is 0 Å². The molecular formula is C25H34O8. The van der Waals surface area contributed by atoms with E-state index in [-0.39, 0.29) is 18.4 Å². The molecule has 0 amide bonds. The van der Waals surface area contributed by atoms with Gasteiger partial charge in [0.25, 0.3) is 0 Å². The Morgan fingerprint density at radius 1 is 1.12 bits per heavy atom. The zero-order valence-electron chi connectivity index (χ0n) is 20.1. The highest BCUT2D eigenvalue weighted by atomic mass is 16.6. The lowest BCUT2D eigenvalue weighted by Gasteiger charge is -2.61. The first-order valence-electron chi connectivity index (χ1n) is 11.3. The summed E-state index contributed by atoms with van der Waals surface area (Å²) in [4.78, 5) is 38.3. The van der Waals surface area contributed by atoms with Crippen LogP contribution in [0, 0.1) is 17.3 Å². The average molecular weight is 463 g/mol. The number of ether oxygens (including phenoxy) is 3. The largest absolute Gasteiger partial charge is 0.458 e. The lowest BCUT2D eigenvalue weighted by Crippen LogP contribution is -2.72. The van der Waals surface area contributed by atoms with Gasteiger partial charge in [0.05, 0.1) is 17.6 Å². The van der Waals surface area contributed by atoms with E-state index in [1.165, 1.54) is 0 Å². The van der Waals surface area contributed by atoms with E-state index in [9.17, 15) is 24.6 Å². The van der Waals surface area contributed by atoms with Crippen molar-refractivity contribution in [1.82, 2.24) is 0 Å². The van der Waals surface area contributed by atoms with E-state index in [4.69, 9.17) is 14.2 Å². The number of aliphatic hydroxyl groups is 2. The van der Waals surface area contributed by atoms with Crippen molar-refractivity contribution in [3.8, 4) is 0 Å². The number of carbonyl (C=O) groups is 3. The number of esters is 3. The Kier molecular flexibility index (Phi) is 6.65. The molecule has 33 heavy (non-hydrogen) atoms. The Hall–Kier alpha value is -2.45. The number of aliphatic hydroxyl groups excluding tert-OH is 1. The molecule has 8 atom stereocenters. The SMILES string of the molecule is C=C1C(=O)O[C@@H]2[C@H]1[C@H](OC(=O)/C(C)=C/C)[C@@H](OC(=O)/C(C)=C/C)[C@@]1(C)[C@H](O)CC[C@](C)(O)[C@H]21. The molecule has 1 aliphatic heterocycles. The second-order valence-corrected chi connectivity index (χ2v) is 9.82. The van der Waals surface area contributed by atoms with Gasteiger partial charge in [0, 0.05) is 28.1 Å². The van der Waals surface area contributed by atoms with Crippen molar-refractivity contribution in [2.45, 2.75) is 84.4 Å². The summed E-state index contributed by atoms with van der Waals surface area (Å²) in [5.74, 6) is -3.58. The standard InChI is InChI=1S/C25H34O8/c1-8-12(3)21(27)32-18-16-14(5)23(29)31-17(16)19-24(6,30)11-10-15(26)25(19,7)20(18)33-22(28)13(4)9-2/h8-9,15-20,26,30H,5,10-11H2,1-4,6-7H3/b12-8+,13-9+/t15-,16+,17-,18+,19+,20-,24+,25+/m1/s1. The Morgan fingerprint density at radius 2 is 1.67 bits per heavy atom. The highest BCUT2D eigenvalue weighted by molar-refractivity contribution is 5.92. The van der Waals surface area contributed by atoms with Crippen LogP contribution in [0.5, 0.6) is 0 Å². The van der Waals surface area contributed by atoms with Gasteiger partial charge in [-0.05, 0) is 47.5 Å². The molecule has 1 heterocycles. The Balaban J connectivity index is 2.21. The molecule has 1 saturated heterocycles. The fraction of sp³-hybridized carbons (Fsp3) is 0.640. The van der Waals surface area contributed by atoms with E-state index < -0.39 is 65.2 Å². The van der Waals surface area contributed by atoms with Gasteiger partial charge >= 0.3 is 17.9 Å². The third-order valence-electron chi connectivity index (χ3n) is 7.82. The van der Waals surface area contributed by atoms with Crippen molar-refractivity contribution < 1.29 is 38.8 Å². The molecule has 0 unspecified atom stereocenters. The van der Waals surface area contributed by atoms with Crippen LogP contribution >= 0.6 is 0 Å². The molecule has 8 heteroatoms. The van der Waals surface area contributed by atoms with Gasteiger partial charge in [0.1, 0.15) is 12.2 Å². The van der Waals surface area contributed by atoms with Crippen LogP contribution in [0.25, 0.3) is 0 Å². The Bertz CT molecular complexity index is 929. The second-order valence-electron chi connectivity index (χ2n) is 9.82. The molecule has 0 aromatic heterocycles. The molecule has 182 valence electrons. The molecule has 3 aliphatic rings. The summed E-state index contributed by atoms with van der Waals surface area (Å²) in [6.07, 6.45) is -0.542. The van der Waals surface area contributed by atoms with Crippen LogP contribution in [-0.4, -0.2) is 58.1 Å². The smallest absolute Gasteiger partial charge is 0.334 e. The Labute approximate surface area is 194 Å². The summed E-state index contributed by atoms with van der Waals surface area (Å²) in [5, 5.41) is 22.6. The fourth-order valence-electron chi connectivity index (χ4n) is 5.65. The zero-order chi connectivity index (χ0) is 24.9. The minimum Gasteiger partial charge on any atom is -0.458 e. The molecular weight excluding hydrogens is 428 g/mol. The second kappa shape index (κ2) is 8.72. The van der Waals surface area contributed by atoms with E-state index >= 15 is 0 Å². The third kappa shape index (κ3) is 3.93. The van der Waals surface area contributed by atoms with Crippen LogP contribution in [0.15, 0.2) is 35.5 Å². The van der Waals surface area contributed by atoms with Crippen molar-refractivity contribution in [2.24, 2.45) is 17.3 Å². The third-order valence-corrected chi connectivity index (χ3v) is 7.82. The van der Waals surface area contributed by atoms with Crippen LogP contribution in [0.3, 0.4) is 0 Å². The highest BCUT2D eigenvalue weighted by Crippen LogP contribution is 2.60. The summed E-state index contributed by atoms with van der Waals surface area (Å²) in [5.41, 5.74) is -1.86. The first kappa shape index (κ1) is 25.2. The summed E-state index contributed by atoms with van der Waals surface area (Å²) < 4.78 is 17.4. The first-order valence-corrected chi connectivity index (χ1v) is 11.3. The monoisotopic (exact) mass is 462 g/mol. The van der Waals surface area contributed by atoms with E-state index in [0.29, 0.717) is 11.1 Å². The molecule has 8 nitrogen and oxygen atoms in total. The zero-order valence-corrected chi connectivity index (χ0v) is 20.1. The molecule has 2 N–H and O–H groups in total. The van der Waals surface area contributed by atoms with E-state index in [2.05, 4.69) is 6.58 Å². The van der Waals surface area contributed by atoms with Gasteiger partial charge < -0.3 is 24.4 Å². The molecule has 0 aromatic rings. The number of carbonyl (C=O) groups excluding carboxylic acids is 3. The average Bonchev–Trinajstić information content (AvgIpc) is 3.05. The van der Waals surface area contributed by atoms with Crippen molar-refractivity contribution >= 4 is 17.9 Å². The van der Waals surface area contributed by atoms with E-state index in [1.54, 1.807) is 53.7 Å². The number of fused-ring (bicyclic) bond motifs is 3. The maximum absolute atomic E-state index is 12.9. The molecule has 2 aliphatic carbocycles. The Morgan fingerprint density at radius 3 is 2.21 bits per heavy atom. The van der Waals surface area contributed by atoms with Gasteiger partial charge in [-0.1, -0.05) is 25.7 Å². The molecule has 3 fully saturated rings. The van der Waals surface area contributed by atoms with Gasteiger partial charge in [-0.15, -0.1) is 0 Å². The van der Waals surface area contributed by atoms with Crippen molar-refractivity contribution in [2.75, 3.05) is 0 Å². The van der Waals surface area contributed by atoms with Crippen LogP contribution in [0.2, 0.25) is 0 Å². The lowest BCUT2D eigenvalue weighted by molar-refractivity contribution is -0.275. The predicted molar refractivity (Wildman–Crippen MR) is 119 cm³/mol. The molecule has 2 saturated carbocycles. The van der Waals surface area contributed by atoms with Crippen molar-refractivity contribution in [1.29, 1.82) is 0 Å². The maximum atomic E-state index is 12.9. The summed E-state index contributed by atoms with van der Waals surface area (Å²) in [6.45, 7) is 13.7. The predicted octanol–water partition coefficient (Wildman–Crippen LogP) is 2.38. The lowest BCUT2D eigenvalue weighted by atomic mass is 9.49. The molecule has 3 rings (SSSR count). The highest BCUT2D eigenvalue weighted by Gasteiger charge is 2.71. The quantitative estimate of drug-likeness (QED) is 0.371. The summed E-state index contributed by atoms with van der Waals surface area (Å²) >= 11 is 0. The number of hydrogen-bond donors (Lipinski definition) is 2. The van der Waals surface area contributed by atoms with Crippen molar-refractivity contribution in [3.05, 3.63) is 35.5 Å². The minimum absolute atomic E-state index is 0.0812. The van der Waals surface area contributed by atoms with Gasteiger partial charge in [-0.2, -0.15) is 0 Å².